The largest absolute Gasteiger partial charge is 0.369 e. The Morgan fingerprint density at radius 2 is 2.08 bits per heavy atom. The smallest absolute Gasteiger partial charge is 0.241 e. The molecule has 0 radical (unpaired) electrons. The average Bonchev–Trinajstić information content (AvgIpc) is 3.02. The molecule has 1 aromatic carbocycles. The first-order valence-electron chi connectivity index (χ1n) is 7.78. The molecule has 1 amide bonds. The van der Waals surface area contributed by atoms with E-state index in [9.17, 15) is 4.79 Å². The zero-order valence-electron chi connectivity index (χ0n) is 14.6. The Kier molecular flexibility index (Phi) is 9.09. The van der Waals surface area contributed by atoms with Crippen LogP contribution in [0.15, 0.2) is 23.2 Å². The van der Waals surface area contributed by atoms with Crippen molar-refractivity contribution >= 4 is 64.7 Å². The van der Waals surface area contributed by atoms with Gasteiger partial charge in [0.1, 0.15) is 0 Å². The van der Waals surface area contributed by atoms with Gasteiger partial charge in [-0.25, -0.2) is 0 Å². The molecule has 0 aliphatic carbocycles. The molecule has 140 valence electrons. The number of guanidine groups is 1. The molecule has 1 aromatic rings. The lowest BCUT2D eigenvalue weighted by Crippen LogP contribution is -2.47. The number of amides is 1. The normalized spacial score (nSPS) is 17.1. The maximum Gasteiger partial charge on any atom is 0.241 e. The summed E-state index contributed by atoms with van der Waals surface area (Å²) in [4.78, 5) is 19.6. The number of hydrogen-bond donors (Lipinski definition) is 2. The van der Waals surface area contributed by atoms with Crippen LogP contribution in [-0.4, -0.2) is 63.6 Å². The minimum absolute atomic E-state index is 0. The molecule has 1 atom stereocenters. The van der Waals surface area contributed by atoms with Crippen molar-refractivity contribution in [1.82, 2.24) is 15.5 Å². The van der Waals surface area contributed by atoms with Gasteiger partial charge in [0.15, 0.2) is 5.96 Å². The molecular weight excluding hydrogens is 476 g/mol. The minimum Gasteiger partial charge on any atom is -0.369 e. The summed E-state index contributed by atoms with van der Waals surface area (Å²) in [7, 11) is 5.15. The molecule has 1 fully saturated rings. The summed E-state index contributed by atoms with van der Waals surface area (Å²) < 4.78 is 0. The molecule has 2 N–H and O–H groups in total. The number of carbonyl (C=O) groups excluding carboxylic acids is 1. The Hall–Kier alpha value is -0.930. The van der Waals surface area contributed by atoms with Gasteiger partial charge in [-0.2, -0.15) is 0 Å². The first kappa shape index (κ1) is 22.1. The second-order valence-corrected chi connectivity index (χ2v) is 6.70. The third-order valence-electron chi connectivity index (χ3n) is 3.93. The van der Waals surface area contributed by atoms with Crippen molar-refractivity contribution < 1.29 is 4.79 Å². The zero-order chi connectivity index (χ0) is 17.7. The molecule has 0 bridgehead atoms. The van der Waals surface area contributed by atoms with Gasteiger partial charge in [0.2, 0.25) is 5.91 Å². The molecule has 1 unspecified atom stereocenters. The predicted octanol–water partition coefficient (Wildman–Crippen LogP) is 2.44. The van der Waals surface area contributed by atoms with E-state index in [1.807, 2.05) is 18.2 Å². The van der Waals surface area contributed by atoms with Crippen molar-refractivity contribution in [2.24, 2.45) is 4.99 Å². The van der Waals surface area contributed by atoms with Gasteiger partial charge in [-0.15, -0.1) is 24.0 Å². The number of halogens is 3. The molecule has 0 spiro atoms. The van der Waals surface area contributed by atoms with E-state index in [1.165, 1.54) is 0 Å². The van der Waals surface area contributed by atoms with Gasteiger partial charge >= 0.3 is 0 Å². The van der Waals surface area contributed by atoms with Crippen LogP contribution in [0.25, 0.3) is 0 Å². The summed E-state index contributed by atoms with van der Waals surface area (Å²) in [6.07, 6.45) is 0.975. The highest BCUT2D eigenvalue weighted by molar-refractivity contribution is 14.0. The van der Waals surface area contributed by atoms with Crippen LogP contribution >= 0.6 is 47.2 Å². The molecular formula is C16H24Cl2IN5O. The lowest BCUT2D eigenvalue weighted by atomic mass is 10.2. The average molecular weight is 500 g/mol. The van der Waals surface area contributed by atoms with Gasteiger partial charge in [-0.3, -0.25) is 9.79 Å². The summed E-state index contributed by atoms with van der Waals surface area (Å²) in [6.45, 7) is 1.97. The molecule has 1 aliphatic rings. The fourth-order valence-corrected chi connectivity index (χ4v) is 2.79. The van der Waals surface area contributed by atoms with Crippen LogP contribution in [0.5, 0.6) is 0 Å². The van der Waals surface area contributed by atoms with Crippen LogP contribution in [0.2, 0.25) is 10.0 Å². The van der Waals surface area contributed by atoms with Gasteiger partial charge in [0.25, 0.3) is 0 Å². The number of benzene rings is 1. The number of nitrogens with zero attached hydrogens (tertiary/aromatic N) is 3. The number of hydrogen-bond acceptors (Lipinski definition) is 3. The fraction of sp³-hybridized carbons (Fsp3) is 0.500. The van der Waals surface area contributed by atoms with Gasteiger partial charge < -0.3 is 20.4 Å². The highest BCUT2D eigenvalue weighted by Crippen LogP contribution is 2.29. The number of rotatable bonds is 4. The van der Waals surface area contributed by atoms with E-state index in [4.69, 9.17) is 23.2 Å². The van der Waals surface area contributed by atoms with Crippen molar-refractivity contribution in [3.05, 3.63) is 28.2 Å². The van der Waals surface area contributed by atoms with Crippen LogP contribution in [0, 0.1) is 0 Å². The highest BCUT2D eigenvalue weighted by Gasteiger charge is 2.24. The van der Waals surface area contributed by atoms with E-state index in [0.717, 1.165) is 25.2 Å². The summed E-state index contributed by atoms with van der Waals surface area (Å²) in [6, 6.07) is 5.92. The van der Waals surface area contributed by atoms with Crippen LogP contribution < -0.4 is 15.5 Å². The van der Waals surface area contributed by atoms with Crippen LogP contribution in [0.1, 0.15) is 6.42 Å². The van der Waals surface area contributed by atoms with Crippen molar-refractivity contribution in [1.29, 1.82) is 0 Å². The van der Waals surface area contributed by atoms with E-state index < -0.39 is 0 Å². The Balaban J connectivity index is 0.00000312. The van der Waals surface area contributed by atoms with E-state index in [-0.39, 0.29) is 42.5 Å². The van der Waals surface area contributed by atoms with E-state index >= 15 is 0 Å². The maximum atomic E-state index is 11.6. The molecule has 1 aliphatic heterocycles. The topological polar surface area (TPSA) is 60.0 Å². The van der Waals surface area contributed by atoms with Crippen LogP contribution in [0.4, 0.5) is 5.69 Å². The highest BCUT2D eigenvalue weighted by atomic mass is 127. The van der Waals surface area contributed by atoms with Gasteiger partial charge in [-0.05, 0) is 24.6 Å². The number of likely N-dealkylation sites (N-methyl/N-ethyl adjacent to an activating group) is 1. The Morgan fingerprint density at radius 3 is 2.68 bits per heavy atom. The second-order valence-electron chi connectivity index (χ2n) is 5.89. The second kappa shape index (κ2) is 10.3. The van der Waals surface area contributed by atoms with E-state index in [2.05, 4.69) is 20.5 Å². The fourth-order valence-electron chi connectivity index (χ4n) is 2.50. The lowest BCUT2D eigenvalue weighted by Gasteiger charge is -2.21. The molecule has 0 aromatic heterocycles. The van der Waals surface area contributed by atoms with Crippen molar-refractivity contribution in [3.63, 3.8) is 0 Å². The van der Waals surface area contributed by atoms with E-state index in [1.54, 1.807) is 26.0 Å². The van der Waals surface area contributed by atoms with Crippen LogP contribution in [-0.2, 0) is 4.79 Å². The maximum absolute atomic E-state index is 11.6. The van der Waals surface area contributed by atoms with Crippen molar-refractivity contribution in [2.75, 3.05) is 45.7 Å². The summed E-state index contributed by atoms with van der Waals surface area (Å²) in [5.41, 5.74) is 1.06. The summed E-state index contributed by atoms with van der Waals surface area (Å²) in [5, 5.41) is 7.51. The molecule has 0 saturated carbocycles. The number of nitrogens with one attached hydrogen (secondary N) is 2. The molecule has 1 saturated heterocycles. The van der Waals surface area contributed by atoms with E-state index in [0.29, 0.717) is 16.0 Å². The van der Waals surface area contributed by atoms with Gasteiger partial charge in [0.05, 0.1) is 16.6 Å². The van der Waals surface area contributed by atoms with Crippen molar-refractivity contribution in [3.8, 4) is 0 Å². The Morgan fingerprint density at radius 1 is 1.36 bits per heavy atom. The molecule has 1 heterocycles. The Bertz CT molecular complexity index is 627. The standard InChI is InChI=1S/C16H23Cl2N5O.HI/c1-19-16(20-9-15(24)22(2)3)21-11-6-7-23(10-11)12-4-5-13(17)14(18)8-12;/h4-5,8,11H,6-7,9-10H2,1-3H3,(H2,19,20,21);1H. The number of anilines is 1. The monoisotopic (exact) mass is 499 g/mol. The summed E-state index contributed by atoms with van der Waals surface area (Å²) in [5.74, 6) is 0.632. The Labute approximate surface area is 176 Å². The SMILES string of the molecule is CN=C(NCC(=O)N(C)C)NC1CCN(c2ccc(Cl)c(Cl)c2)C1.I. The number of carbonyl (C=O) groups is 1. The van der Waals surface area contributed by atoms with Gasteiger partial charge in [-0.1, -0.05) is 23.2 Å². The first-order chi connectivity index (χ1) is 11.4. The van der Waals surface area contributed by atoms with Crippen LogP contribution in [0.3, 0.4) is 0 Å². The third kappa shape index (κ3) is 6.38. The zero-order valence-corrected chi connectivity index (χ0v) is 18.4. The summed E-state index contributed by atoms with van der Waals surface area (Å²) >= 11 is 12.1. The van der Waals surface area contributed by atoms with Gasteiger partial charge in [0, 0.05) is 46.0 Å². The molecule has 9 heteroatoms. The first-order valence-corrected chi connectivity index (χ1v) is 8.53. The third-order valence-corrected chi connectivity index (χ3v) is 4.67. The molecule has 2 rings (SSSR count). The predicted molar refractivity (Wildman–Crippen MR) is 116 cm³/mol. The molecule has 25 heavy (non-hydrogen) atoms. The number of aliphatic imine (C=N–C) groups is 1. The minimum atomic E-state index is 0. The lowest BCUT2D eigenvalue weighted by molar-refractivity contribution is -0.127. The quantitative estimate of drug-likeness (QED) is 0.379. The van der Waals surface area contributed by atoms with Crippen molar-refractivity contribution in [2.45, 2.75) is 12.5 Å². The molecule has 6 nitrogen and oxygen atoms in total.